The predicted octanol–water partition coefficient (Wildman–Crippen LogP) is 3.38. The molecule has 2 heterocycles. The summed E-state index contributed by atoms with van der Waals surface area (Å²) in [4.78, 5) is 26.3. The van der Waals surface area contributed by atoms with Crippen molar-refractivity contribution in [2.75, 3.05) is 20.2 Å². The average molecular weight is 365 g/mol. The number of carboxylic acid groups (broad SMARTS) is 1. The summed E-state index contributed by atoms with van der Waals surface area (Å²) in [7, 11) is 1.54. The lowest BCUT2D eigenvalue weighted by Crippen LogP contribution is -2.29. The first-order chi connectivity index (χ1) is 13.1. The molecule has 0 radical (unpaired) electrons. The fraction of sp³-hybridized carbons (Fsp3) is 0.238. The quantitative estimate of drug-likeness (QED) is 0.767. The van der Waals surface area contributed by atoms with Gasteiger partial charge in [0.1, 0.15) is 0 Å². The van der Waals surface area contributed by atoms with Gasteiger partial charge in [-0.15, -0.1) is 0 Å². The first-order valence-electron chi connectivity index (χ1n) is 8.72. The summed E-state index contributed by atoms with van der Waals surface area (Å²) < 4.78 is 11.0. The minimum Gasteiger partial charge on any atom is -0.493 e. The number of nitrogens with zero attached hydrogens (tertiary/aromatic N) is 1. The molecule has 0 saturated carbocycles. The van der Waals surface area contributed by atoms with Gasteiger partial charge in [-0.3, -0.25) is 9.59 Å². The van der Waals surface area contributed by atoms with Crippen molar-refractivity contribution in [1.82, 2.24) is 4.90 Å². The van der Waals surface area contributed by atoms with Crippen molar-refractivity contribution in [3.63, 3.8) is 0 Å². The van der Waals surface area contributed by atoms with Gasteiger partial charge >= 0.3 is 5.97 Å². The molecular formula is C21H19NO5. The highest BCUT2D eigenvalue weighted by Crippen LogP contribution is 2.35. The third-order valence-electron chi connectivity index (χ3n) is 5.09. The predicted molar refractivity (Wildman–Crippen MR) is 99.0 cm³/mol. The van der Waals surface area contributed by atoms with Crippen molar-refractivity contribution < 1.29 is 23.8 Å². The van der Waals surface area contributed by atoms with Gasteiger partial charge in [-0.05, 0) is 17.7 Å². The molecule has 0 unspecified atom stereocenters. The summed E-state index contributed by atoms with van der Waals surface area (Å²) in [6.45, 7) is 0.496. The number of carbonyl (C=O) groups excluding carboxylic acids is 1. The van der Waals surface area contributed by atoms with Crippen LogP contribution >= 0.6 is 0 Å². The smallest absolute Gasteiger partial charge is 0.308 e. The van der Waals surface area contributed by atoms with E-state index in [0.29, 0.717) is 17.9 Å². The van der Waals surface area contributed by atoms with Crippen LogP contribution in [0.25, 0.3) is 11.0 Å². The van der Waals surface area contributed by atoms with Crippen LogP contribution in [0.15, 0.2) is 59.0 Å². The molecule has 1 amide bonds. The Morgan fingerprint density at radius 1 is 1.11 bits per heavy atom. The van der Waals surface area contributed by atoms with E-state index in [1.165, 1.54) is 0 Å². The molecule has 1 fully saturated rings. The number of ether oxygens (including phenoxy) is 1. The summed E-state index contributed by atoms with van der Waals surface area (Å²) in [5.41, 5.74) is 1.43. The van der Waals surface area contributed by atoms with Gasteiger partial charge in [0.15, 0.2) is 17.1 Å². The second-order valence-electron chi connectivity index (χ2n) is 6.66. The first kappa shape index (κ1) is 17.1. The SMILES string of the molecule is COc1cccc2cc(C(=O)N3C[C@@H](C(=O)O)[C@H](c4ccccc4)C3)oc12. The van der Waals surface area contributed by atoms with Crippen molar-refractivity contribution in [3.05, 3.63) is 65.9 Å². The number of amides is 1. The Balaban J connectivity index is 1.63. The van der Waals surface area contributed by atoms with Crippen LogP contribution in [0.1, 0.15) is 22.0 Å². The van der Waals surface area contributed by atoms with E-state index in [1.54, 1.807) is 24.1 Å². The minimum atomic E-state index is -0.898. The summed E-state index contributed by atoms with van der Waals surface area (Å²) in [5, 5.41) is 10.4. The van der Waals surface area contributed by atoms with Crippen LogP contribution in [0.5, 0.6) is 5.75 Å². The number of methoxy groups -OCH3 is 1. The average Bonchev–Trinajstić information content (AvgIpc) is 3.32. The van der Waals surface area contributed by atoms with E-state index >= 15 is 0 Å². The number of likely N-dealkylation sites (tertiary alicyclic amines) is 1. The van der Waals surface area contributed by atoms with Crippen LogP contribution < -0.4 is 4.74 Å². The number of rotatable bonds is 4. The van der Waals surface area contributed by atoms with Crippen molar-refractivity contribution in [2.24, 2.45) is 5.92 Å². The number of benzene rings is 2. The van der Waals surface area contributed by atoms with E-state index in [9.17, 15) is 14.7 Å². The number of hydrogen-bond donors (Lipinski definition) is 1. The fourth-order valence-electron chi connectivity index (χ4n) is 3.72. The zero-order valence-corrected chi connectivity index (χ0v) is 14.8. The van der Waals surface area contributed by atoms with Gasteiger partial charge in [0.2, 0.25) is 0 Å². The van der Waals surface area contributed by atoms with Gasteiger partial charge < -0.3 is 19.2 Å². The molecule has 4 rings (SSSR count). The molecule has 1 aliphatic heterocycles. The van der Waals surface area contributed by atoms with Crippen molar-refractivity contribution >= 4 is 22.8 Å². The molecule has 138 valence electrons. The lowest BCUT2D eigenvalue weighted by molar-refractivity contribution is -0.141. The number of aliphatic carboxylic acids is 1. The Labute approximate surface area is 156 Å². The zero-order valence-electron chi connectivity index (χ0n) is 14.8. The van der Waals surface area contributed by atoms with Gasteiger partial charge in [0.25, 0.3) is 5.91 Å². The number of fused-ring (bicyclic) bond motifs is 1. The summed E-state index contributed by atoms with van der Waals surface area (Å²) >= 11 is 0. The summed E-state index contributed by atoms with van der Waals surface area (Å²) in [6, 6.07) is 16.6. The molecule has 1 aliphatic rings. The highest BCUT2D eigenvalue weighted by Gasteiger charge is 2.41. The second kappa shape index (κ2) is 6.79. The Hall–Kier alpha value is -3.28. The molecule has 2 atom stereocenters. The standard InChI is InChI=1S/C21H19NO5/c1-26-17-9-5-8-14-10-18(27-19(14)17)20(23)22-11-15(16(12-22)21(24)25)13-6-3-2-4-7-13/h2-10,15-16H,11-12H2,1H3,(H,24,25)/t15-,16+/m0/s1. The summed E-state index contributed by atoms with van der Waals surface area (Å²) in [6.07, 6.45) is 0. The van der Waals surface area contributed by atoms with Gasteiger partial charge in [-0.2, -0.15) is 0 Å². The van der Waals surface area contributed by atoms with Crippen LogP contribution in [-0.2, 0) is 4.79 Å². The molecule has 6 heteroatoms. The lowest BCUT2D eigenvalue weighted by atomic mass is 9.89. The van der Waals surface area contributed by atoms with Crippen molar-refractivity contribution in [3.8, 4) is 5.75 Å². The maximum Gasteiger partial charge on any atom is 0.308 e. The monoisotopic (exact) mass is 365 g/mol. The van der Waals surface area contributed by atoms with E-state index < -0.39 is 11.9 Å². The number of hydrogen-bond acceptors (Lipinski definition) is 4. The van der Waals surface area contributed by atoms with E-state index in [4.69, 9.17) is 9.15 Å². The number of carboxylic acids is 1. The highest BCUT2D eigenvalue weighted by molar-refractivity contribution is 5.97. The Kier molecular flexibility index (Phi) is 4.32. The Bertz CT molecular complexity index is 994. The molecule has 2 aromatic carbocycles. The molecule has 0 aliphatic carbocycles. The molecule has 6 nitrogen and oxygen atoms in total. The van der Waals surface area contributed by atoms with E-state index in [1.807, 2.05) is 42.5 Å². The Morgan fingerprint density at radius 2 is 1.89 bits per heavy atom. The fourth-order valence-corrected chi connectivity index (χ4v) is 3.72. The van der Waals surface area contributed by atoms with Gasteiger partial charge in [-0.1, -0.05) is 42.5 Å². The minimum absolute atomic E-state index is 0.155. The third-order valence-corrected chi connectivity index (χ3v) is 5.09. The Morgan fingerprint density at radius 3 is 2.59 bits per heavy atom. The molecule has 0 bridgehead atoms. The molecule has 3 aromatic rings. The molecule has 27 heavy (non-hydrogen) atoms. The van der Waals surface area contributed by atoms with Gasteiger partial charge in [-0.25, -0.2) is 0 Å². The lowest BCUT2D eigenvalue weighted by Gasteiger charge is -2.15. The van der Waals surface area contributed by atoms with Crippen molar-refractivity contribution in [1.29, 1.82) is 0 Å². The third kappa shape index (κ3) is 3.03. The van der Waals surface area contributed by atoms with E-state index in [2.05, 4.69) is 0 Å². The summed E-state index contributed by atoms with van der Waals surface area (Å²) in [5.74, 6) is -1.35. The van der Waals surface area contributed by atoms with Gasteiger partial charge in [0.05, 0.1) is 13.0 Å². The highest BCUT2D eigenvalue weighted by atomic mass is 16.5. The molecule has 1 saturated heterocycles. The van der Waals surface area contributed by atoms with Gasteiger partial charge in [0, 0.05) is 24.4 Å². The first-order valence-corrected chi connectivity index (χ1v) is 8.72. The second-order valence-corrected chi connectivity index (χ2v) is 6.66. The largest absolute Gasteiger partial charge is 0.493 e. The van der Waals surface area contributed by atoms with E-state index in [0.717, 1.165) is 10.9 Å². The van der Waals surface area contributed by atoms with Crippen LogP contribution in [0.2, 0.25) is 0 Å². The molecule has 0 spiro atoms. The zero-order chi connectivity index (χ0) is 19.0. The van der Waals surface area contributed by atoms with Crippen LogP contribution in [-0.4, -0.2) is 42.1 Å². The number of furan rings is 1. The normalized spacial score (nSPS) is 19.4. The topological polar surface area (TPSA) is 80.0 Å². The number of para-hydroxylation sites is 1. The molecular weight excluding hydrogens is 346 g/mol. The molecule has 1 aromatic heterocycles. The van der Waals surface area contributed by atoms with Crippen molar-refractivity contribution in [2.45, 2.75) is 5.92 Å². The maximum absolute atomic E-state index is 13.0. The van der Waals surface area contributed by atoms with Crippen LogP contribution in [0, 0.1) is 5.92 Å². The molecule has 1 N–H and O–H groups in total. The maximum atomic E-state index is 13.0. The van der Waals surface area contributed by atoms with E-state index in [-0.39, 0.29) is 24.1 Å². The number of carbonyl (C=O) groups is 2. The van der Waals surface area contributed by atoms with Crippen LogP contribution in [0.4, 0.5) is 0 Å². The van der Waals surface area contributed by atoms with Crippen LogP contribution in [0.3, 0.4) is 0 Å².